The molecular weight excluding hydrogens is 184 g/mol. The maximum absolute atomic E-state index is 10.8. The summed E-state index contributed by atoms with van der Waals surface area (Å²) in [5.74, 6) is -1.31. The normalized spacial score (nSPS) is 9.14. The summed E-state index contributed by atoms with van der Waals surface area (Å²) < 4.78 is 0. The van der Waals surface area contributed by atoms with Crippen molar-refractivity contribution >= 4 is 17.7 Å². The Balaban J connectivity index is 2.88. The van der Waals surface area contributed by atoms with Gasteiger partial charge in [0.05, 0.1) is 5.56 Å². The van der Waals surface area contributed by atoms with E-state index in [1.165, 1.54) is 18.3 Å². The molecule has 1 heterocycles. The maximum Gasteiger partial charge on any atom is 0.335 e. The Bertz CT molecular complexity index is 387. The number of carbonyl (C=O) groups excluding carboxylic acids is 1. The summed E-state index contributed by atoms with van der Waals surface area (Å²) in [6.45, 7) is 3.26. The number of anilines is 1. The van der Waals surface area contributed by atoms with Gasteiger partial charge in [-0.2, -0.15) is 0 Å². The van der Waals surface area contributed by atoms with Crippen molar-refractivity contribution in [1.82, 2.24) is 4.98 Å². The third-order valence-corrected chi connectivity index (χ3v) is 1.44. The van der Waals surface area contributed by atoms with Crippen LogP contribution in [0.3, 0.4) is 0 Å². The molecule has 1 rings (SSSR count). The average molecular weight is 192 g/mol. The average Bonchev–Trinajstić information content (AvgIpc) is 2.18. The number of carbonyl (C=O) groups is 2. The first kappa shape index (κ1) is 9.91. The molecule has 2 N–H and O–H groups in total. The number of nitrogens with zero attached hydrogens (tertiary/aromatic N) is 1. The smallest absolute Gasteiger partial charge is 0.335 e. The molecule has 0 aliphatic rings. The Morgan fingerprint density at radius 1 is 1.57 bits per heavy atom. The van der Waals surface area contributed by atoms with Gasteiger partial charge in [0.25, 0.3) is 0 Å². The highest BCUT2D eigenvalue weighted by molar-refractivity contribution is 5.99. The molecule has 0 unspecified atom stereocenters. The van der Waals surface area contributed by atoms with Crippen LogP contribution in [0.15, 0.2) is 31.0 Å². The summed E-state index contributed by atoms with van der Waals surface area (Å²) >= 11 is 0. The third kappa shape index (κ3) is 2.41. The molecule has 5 nitrogen and oxygen atoms in total. The minimum Gasteiger partial charge on any atom is -0.478 e. The molecule has 0 fully saturated rings. The van der Waals surface area contributed by atoms with E-state index in [-0.39, 0.29) is 11.4 Å². The molecule has 14 heavy (non-hydrogen) atoms. The standard InChI is InChI=1S/C9H8N2O3/c1-2-8(12)11-7-5-6(9(13)14)3-4-10-7/h2-5H,1H2,(H,13,14)(H,10,11,12). The van der Waals surface area contributed by atoms with Crippen LogP contribution in [0.1, 0.15) is 10.4 Å². The Morgan fingerprint density at radius 3 is 2.86 bits per heavy atom. The zero-order valence-electron chi connectivity index (χ0n) is 7.23. The lowest BCUT2D eigenvalue weighted by molar-refractivity contribution is -0.111. The molecule has 0 saturated carbocycles. The minimum atomic E-state index is -1.07. The van der Waals surface area contributed by atoms with Gasteiger partial charge in [0.2, 0.25) is 5.91 Å². The number of hydrogen-bond donors (Lipinski definition) is 2. The third-order valence-electron chi connectivity index (χ3n) is 1.44. The molecule has 0 aromatic carbocycles. The second kappa shape index (κ2) is 4.18. The lowest BCUT2D eigenvalue weighted by Crippen LogP contribution is -2.09. The van der Waals surface area contributed by atoms with Gasteiger partial charge in [-0.15, -0.1) is 0 Å². The number of nitrogens with one attached hydrogen (secondary N) is 1. The van der Waals surface area contributed by atoms with E-state index in [4.69, 9.17) is 5.11 Å². The zero-order valence-corrected chi connectivity index (χ0v) is 7.23. The molecule has 72 valence electrons. The van der Waals surface area contributed by atoms with E-state index in [2.05, 4.69) is 16.9 Å². The van der Waals surface area contributed by atoms with Gasteiger partial charge in [0, 0.05) is 6.20 Å². The van der Waals surface area contributed by atoms with Crippen molar-refractivity contribution < 1.29 is 14.7 Å². The maximum atomic E-state index is 10.8. The Labute approximate surface area is 80.1 Å². The fourth-order valence-electron chi connectivity index (χ4n) is 0.809. The Hall–Kier alpha value is -2.17. The van der Waals surface area contributed by atoms with Crippen molar-refractivity contribution in [2.75, 3.05) is 5.32 Å². The van der Waals surface area contributed by atoms with Crippen LogP contribution in [0.2, 0.25) is 0 Å². The molecule has 0 spiro atoms. The molecular formula is C9H8N2O3. The number of rotatable bonds is 3. The van der Waals surface area contributed by atoms with Crippen LogP contribution >= 0.6 is 0 Å². The fourth-order valence-corrected chi connectivity index (χ4v) is 0.809. The monoisotopic (exact) mass is 192 g/mol. The van der Waals surface area contributed by atoms with Crippen LogP contribution in [-0.4, -0.2) is 22.0 Å². The Morgan fingerprint density at radius 2 is 2.29 bits per heavy atom. The van der Waals surface area contributed by atoms with Crippen LogP contribution in [0.25, 0.3) is 0 Å². The predicted molar refractivity (Wildman–Crippen MR) is 50.0 cm³/mol. The van der Waals surface area contributed by atoms with Crippen LogP contribution in [-0.2, 0) is 4.79 Å². The highest BCUT2D eigenvalue weighted by Gasteiger charge is 2.04. The summed E-state index contributed by atoms with van der Waals surface area (Å²) in [7, 11) is 0. The Kier molecular flexibility index (Phi) is 2.96. The second-order valence-electron chi connectivity index (χ2n) is 2.43. The minimum absolute atomic E-state index is 0.0689. The van der Waals surface area contributed by atoms with Gasteiger partial charge in [0.15, 0.2) is 0 Å². The molecule has 1 aromatic rings. The van der Waals surface area contributed by atoms with E-state index in [0.717, 1.165) is 6.08 Å². The summed E-state index contributed by atoms with van der Waals surface area (Å²) in [6.07, 6.45) is 2.39. The van der Waals surface area contributed by atoms with Gasteiger partial charge in [-0.1, -0.05) is 6.58 Å². The van der Waals surface area contributed by atoms with E-state index < -0.39 is 11.9 Å². The quantitative estimate of drug-likeness (QED) is 0.697. The number of aromatic carboxylic acids is 1. The first-order valence-electron chi connectivity index (χ1n) is 3.76. The molecule has 0 atom stereocenters. The van der Waals surface area contributed by atoms with E-state index in [9.17, 15) is 9.59 Å². The lowest BCUT2D eigenvalue weighted by Gasteiger charge is -2.01. The van der Waals surface area contributed by atoms with Crippen molar-refractivity contribution in [1.29, 1.82) is 0 Å². The van der Waals surface area contributed by atoms with E-state index in [0.29, 0.717) is 0 Å². The fraction of sp³-hybridized carbons (Fsp3) is 0. The van der Waals surface area contributed by atoms with Gasteiger partial charge in [-0.05, 0) is 18.2 Å². The molecule has 1 aromatic heterocycles. The van der Waals surface area contributed by atoms with Gasteiger partial charge in [-0.25, -0.2) is 9.78 Å². The highest BCUT2D eigenvalue weighted by Crippen LogP contribution is 2.06. The van der Waals surface area contributed by atoms with Crippen LogP contribution in [0.4, 0.5) is 5.82 Å². The van der Waals surface area contributed by atoms with Crippen LogP contribution in [0, 0.1) is 0 Å². The molecule has 0 aliphatic heterocycles. The van der Waals surface area contributed by atoms with Crippen molar-refractivity contribution in [3.63, 3.8) is 0 Å². The summed E-state index contributed by atoms with van der Waals surface area (Å²) in [5.41, 5.74) is 0.0689. The van der Waals surface area contributed by atoms with Crippen molar-refractivity contribution in [2.45, 2.75) is 0 Å². The van der Waals surface area contributed by atoms with Crippen LogP contribution in [0.5, 0.6) is 0 Å². The number of aromatic nitrogens is 1. The van der Waals surface area contributed by atoms with Gasteiger partial charge >= 0.3 is 5.97 Å². The molecule has 0 radical (unpaired) electrons. The summed E-state index contributed by atoms with van der Waals surface area (Å²) in [4.78, 5) is 25.2. The van der Waals surface area contributed by atoms with Crippen molar-refractivity contribution in [3.05, 3.63) is 36.5 Å². The van der Waals surface area contributed by atoms with E-state index in [1.54, 1.807) is 0 Å². The highest BCUT2D eigenvalue weighted by atomic mass is 16.4. The van der Waals surface area contributed by atoms with Gasteiger partial charge in [-0.3, -0.25) is 4.79 Å². The van der Waals surface area contributed by atoms with E-state index in [1.807, 2.05) is 0 Å². The largest absolute Gasteiger partial charge is 0.478 e. The second-order valence-corrected chi connectivity index (χ2v) is 2.43. The number of hydrogen-bond acceptors (Lipinski definition) is 3. The zero-order chi connectivity index (χ0) is 10.6. The van der Waals surface area contributed by atoms with Crippen molar-refractivity contribution in [3.8, 4) is 0 Å². The first-order valence-corrected chi connectivity index (χ1v) is 3.76. The van der Waals surface area contributed by atoms with Gasteiger partial charge < -0.3 is 10.4 Å². The molecule has 1 amide bonds. The number of carboxylic acids is 1. The molecule has 0 bridgehead atoms. The van der Waals surface area contributed by atoms with Gasteiger partial charge in [0.1, 0.15) is 5.82 Å². The predicted octanol–water partition coefficient (Wildman–Crippen LogP) is 0.904. The summed E-state index contributed by atoms with van der Waals surface area (Å²) in [5, 5.41) is 11.0. The topological polar surface area (TPSA) is 79.3 Å². The summed E-state index contributed by atoms with van der Waals surface area (Å²) in [6, 6.07) is 2.61. The number of carboxylic acid groups (broad SMARTS) is 1. The SMILES string of the molecule is C=CC(=O)Nc1cc(C(=O)O)ccn1. The van der Waals surface area contributed by atoms with Crippen molar-refractivity contribution in [2.24, 2.45) is 0 Å². The van der Waals surface area contributed by atoms with E-state index >= 15 is 0 Å². The number of pyridine rings is 1. The lowest BCUT2D eigenvalue weighted by atomic mass is 10.2. The molecule has 5 heteroatoms. The number of amides is 1. The molecule has 0 aliphatic carbocycles. The molecule has 0 saturated heterocycles. The first-order chi connectivity index (χ1) is 6.63. The van der Waals surface area contributed by atoms with Crippen LogP contribution < -0.4 is 5.32 Å².